The quantitative estimate of drug-likeness (QED) is 0.462. The van der Waals surface area contributed by atoms with Crippen molar-refractivity contribution in [3.8, 4) is 0 Å². The summed E-state index contributed by atoms with van der Waals surface area (Å²) in [7, 11) is 0. The molecule has 1 aromatic heterocycles. The predicted molar refractivity (Wildman–Crippen MR) is 99.6 cm³/mol. The standard InChI is InChI=1S/C22H20N2/c1-14-13-22(24-23-14)21-8-4-7-17-19-10-9-15-5-2-3-6-16(15)18(19)11-12-20(17)21/h2-3,5-6,9-13,21H,4,7-8H2,1H3,(H,23,24). The van der Waals surface area contributed by atoms with Crippen LogP contribution >= 0.6 is 0 Å². The Hall–Kier alpha value is -2.61. The third-order valence-corrected chi connectivity index (χ3v) is 5.45. The fourth-order valence-electron chi connectivity index (χ4n) is 4.34. The summed E-state index contributed by atoms with van der Waals surface area (Å²) in [4.78, 5) is 0. The normalized spacial score (nSPS) is 17.3. The van der Waals surface area contributed by atoms with Crippen LogP contribution in [0.2, 0.25) is 0 Å². The van der Waals surface area contributed by atoms with Gasteiger partial charge in [0.25, 0.3) is 0 Å². The van der Waals surface area contributed by atoms with E-state index < -0.39 is 0 Å². The maximum absolute atomic E-state index is 4.54. The lowest BCUT2D eigenvalue weighted by molar-refractivity contribution is 0.606. The number of H-pyrrole nitrogens is 1. The van der Waals surface area contributed by atoms with E-state index in [1.807, 2.05) is 0 Å². The van der Waals surface area contributed by atoms with Gasteiger partial charge >= 0.3 is 0 Å². The monoisotopic (exact) mass is 312 g/mol. The van der Waals surface area contributed by atoms with Gasteiger partial charge in [-0.2, -0.15) is 5.10 Å². The van der Waals surface area contributed by atoms with Gasteiger partial charge in [0, 0.05) is 11.6 Å². The van der Waals surface area contributed by atoms with Crippen LogP contribution in [0.15, 0.2) is 54.6 Å². The second-order valence-corrected chi connectivity index (χ2v) is 6.94. The van der Waals surface area contributed by atoms with Gasteiger partial charge < -0.3 is 0 Å². The zero-order valence-electron chi connectivity index (χ0n) is 13.8. The van der Waals surface area contributed by atoms with Gasteiger partial charge in [-0.1, -0.05) is 48.5 Å². The maximum atomic E-state index is 4.54. The van der Waals surface area contributed by atoms with E-state index in [1.165, 1.54) is 57.6 Å². The minimum Gasteiger partial charge on any atom is -0.283 e. The summed E-state index contributed by atoms with van der Waals surface area (Å²) in [5.74, 6) is 0.426. The Balaban J connectivity index is 1.76. The molecule has 0 fully saturated rings. The average molecular weight is 312 g/mol. The highest BCUT2D eigenvalue weighted by atomic mass is 15.1. The molecule has 5 rings (SSSR count). The number of benzene rings is 3. The van der Waals surface area contributed by atoms with Gasteiger partial charge in [0.05, 0.1) is 5.69 Å². The van der Waals surface area contributed by atoms with Crippen LogP contribution in [0.1, 0.15) is 41.3 Å². The molecule has 0 saturated carbocycles. The van der Waals surface area contributed by atoms with E-state index in [0.717, 1.165) is 5.69 Å². The first kappa shape index (κ1) is 13.8. The van der Waals surface area contributed by atoms with Crippen molar-refractivity contribution in [3.05, 3.63) is 77.1 Å². The average Bonchev–Trinajstić information content (AvgIpc) is 3.07. The maximum Gasteiger partial charge on any atom is 0.0699 e. The summed E-state index contributed by atoms with van der Waals surface area (Å²) in [6.07, 6.45) is 3.59. The van der Waals surface area contributed by atoms with Crippen molar-refractivity contribution in [2.45, 2.75) is 32.1 Å². The van der Waals surface area contributed by atoms with Crippen LogP contribution in [0, 0.1) is 6.92 Å². The smallest absolute Gasteiger partial charge is 0.0699 e. The summed E-state index contributed by atoms with van der Waals surface area (Å²) in [5.41, 5.74) is 5.32. The zero-order valence-corrected chi connectivity index (χ0v) is 13.8. The van der Waals surface area contributed by atoms with Crippen molar-refractivity contribution >= 4 is 21.5 Å². The van der Waals surface area contributed by atoms with Crippen LogP contribution in [0.25, 0.3) is 21.5 Å². The van der Waals surface area contributed by atoms with Crippen LogP contribution < -0.4 is 0 Å². The van der Waals surface area contributed by atoms with Crippen LogP contribution in [0.3, 0.4) is 0 Å². The minimum atomic E-state index is 0.426. The number of nitrogens with one attached hydrogen (secondary N) is 1. The number of aromatic amines is 1. The highest BCUT2D eigenvalue weighted by molar-refractivity contribution is 6.08. The molecular weight excluding hydrogens is 292 g/mol. The molecule has 2 heteroatoms. The van der Waals surface area contributed by atoms with Crippen LogP contribution in [-0.4, -0.2) is 10.2 Å². The van der Waals surface area contributed by atoms with E-state index >= 15 is 0 Å². The van der Waals surface area contributed by atoms with Crippen LogP contribution in [0.5, 0.6) is 0 Å². The molecule has 0 bridgehead atoms. The highest BCUT2D eigenvalue weighted by Gasteiger charge is 2.25. The van der Waals surface area contributed by atoms with Crippen molar-refractivity contribution in [2.24, 2.45) is 0 Å². The number of fused-ring (bicyclic) bond motifs is 5. The van der Waals surface area contributed by atoms with Crippen LogP contribution in [0.4, 0.5) is 0 Å². The van der Waals surface area contributed by atoms with Gasteiger partial charge in [-0.3, -0.25) is 5.10 Å². The lowest BCUT2D eigenvalue weighted by atomic mass is 9.78. The molecular formula is C22H20N2. The summed E-state index contributed by atoms with van der Waals surface area (Å²) >= 11 is 0. The van der Waals surface area contributed by atoms with Gasteiger partial charge in [0.15, 0.2) is 0 Å². The highest BCUT2D eigenvalue weighted by Crippen LogP contribution is 2.40. The lowest BCUT2D eigenvalue weighted by Crippen LogP contribution is -2.12. The molecule has 1 aliphatic rings. The van der Waals surface area contributed by atoms with Gasteiger partial charge in [0.2, 0.25) is 0 Å². The van der Waals surface area contributed by atoms with Crippen molar-refractivity contribution in [3.63, 3.8) is 0 Å². The van der Waals surface area contributed by atoms with E-state index in [4.69, 9.17) is 0 Å². The number of aryl methyl sites for hydroxylation is 2. The minimum absolute atomic E-state index is 0.426. The van der Waals surface area contributed by atoms with E-state index in [0.29, 0.717) is 5.92 Å². The Labute approximate surface area is 141 Å². The largest absolute Gasteiger partial charge is 0.283 e. The first-order valence-corrected chi connectivity index (χ1v) is 8.76. The summed E-state index contributed by atoms with van der Waals surface area (Å²) in [5, 5.41) is 13.1. The summed E-state index contributed by atoms with van der Waals surface area (Å²) in [6, 6.07) is 20.1. The molecule has 4 aromatic rings. The van der Waals surface area contributed by atoms with Crippen LogP contribution in [-0.2, 0) is 6.42 Å². The SMILES string of the molecule is Cc1cc(C2CCCc3c2ccc2c3ccc3ccccc32)n[nH]1. The zero-order chi connectivity index (χ0) is 16.1. The van der Waals surface area contributed by atoms with Crippen molar-refractivity contribution in [1.82, 2.24) is 10.2 Å². The number of hydrogen-bond donors (Lipinski definition) is 1. The fourth-order valence-corrected chi connectivity index (χ4v) is 4.34. The molecule has 0 saturated heterocycles. The predicted octanol–water partition coefficient (Wildman–Crippen LogP) is 5.49. The number of aromatic nitrogens is 2. The molecule has 0 aliphatic heterocycles. The Morgan fingerprint density at radius 1 is 0.958 bits per heavy atom. The molecule has 1 unspecified atom stereocenters. The molecule has 1 atom stereocenters. The van der Waals surface area contributed by atoms with E-state index in [1.54, 1.807) is 0 Å². The molecule has 118 valence electrons. The molecule has 1 aliphatic carbocycles. The summed E-state index contributed by atoms with van der Waals surface area (Å²) in [6.45, 7) is 2.08. The Kier molecular flexibility index (Phi) is 2.99. The second-order valence-electron chi connectivity index (χ2n) is 6.94. The molecule has 24 heavy (non-hydrogen) atoms. The first-order chi connectivity index (χ1) is 11.8. The van der Waals surface area contributed by atoms with E-state index in [-0.39, 0.29) is 0 Å². The third kappa shape index (κ3) is 1.99. The number of rotatable bonds is 1. The fraction of sp³-hybridized carbons (Fsp3) is 0.227. The van der Waals surface area contributed by atoms with E-state index in [2.05, 4.69) is 71.7 Å². The number of hydrogen-bond acceptors (Lipinski definition) is 1. The molecule has 0 amide bonds. The second kappa shape index (κ2) is 5.20. The molecule has 0 spiro atoms. The molecule has 2 nitrogen and oxygen atoms in total. The van der Waals surface area contributed by atoms with Crippen molar-refractivity contribution in [2.75, 3.05) is 0 Å². The summed E-state index contributed by atoms with van der Waals surface area (Å²) < 4.78 is 0. The molecule has 3 aromatic carbocycles. The topological polar surface area (TPSA) is 28.7 Å². The van der Waals surface area contributed by atoms with Gasteiger partial charge in [-0.25, -0.2) is 0 Å². The van der Waals surface area contributed by atoms with Gasteiger partial charge in [-0.15, -0.1) is 0 Å². The Bertz CT molecular complexity index is 1060. The lowest BCUT2D eigenvalue weighted by Gasteiger charge is -2.26. The third-order valence-electron chi connectivity index (χ3n) is 5.45. The Morgan fingerprint density at radius 3 is 2.71 bits per heavy atom. The van der Waals surface area contributed by atoms with Gasteiger partial charge in [-0.05, 0) is 64.9 Å². The molecule has 0 radical (unpaired) electrons. The Morgan fingerprint density at radius 2 is 1.83 bits per heavy atom. The van der Waals surface area contributed by atoms with E-state index in [9.17, 15) is 0 Å². The van der Waals surface area contributed by atoms with Crippen molar-refractivity contribution in [1.29, 1.82) is 0 Å². The number of nitrogens with zero attached hydrogens (tertiary/aromatic N) is 1. The van der Waals surface area contributed by atoms with Gasteiger partial charge in [0.1, 0.15) is 0 Å². The van der Waals surface area contributed by atoms with Crippen molar-refractivity contribution < 1.29 is 0 Å². The molecule has 1 heterocycles. The molecule has 1 N–H and O–H groups in total. The first-order valence-electron chi connectivity index (χ1n) is 8.76.